The molecule has 20 heavy (non-hydrogen) atoms. The van der Waals surface area contributed by atoms with E-state index >= 15 is 0 Å². The Morgan fingerprint density at radius 3 is 2.50 bits per heavy atom. The van der Waals surface area contributed by atoms with Crippen LogP contribution in [0.2, 0.25) is 0 Å². The van der Waals surface area contributed by atoms with Crippen LogP contribution in [0.25, 0.3) is 0 Å². The standard InChI is InChI=1S/C11H15F3N2O3S/c1-7(6-11(12,13)14)16-20(17,18)8-3-4-9(15)10(5-8)19-2/h3-5,7,16H,6,15H2,1-2H3. The Kier molecular flexibility index (Phi) is 4.87. The van der Waals surface area contributed by atoms with Crippen LogP contribution < -0.4 is 15.2 Å². The summed E-state index contributed by atoms with van der Waals surface area (Å²) in [7, 11) is -2.76. The zero-order valence-electron chi connectivity index (χ0n) is 10.9. The Bertz CT molecular complexity index is 573. The Labute approximate surface area is 115 Å². The quantitative estimate of drug-likeness (QED) is 0.814. The largest absolute Gasteiger partial charge is 0.495 e. The fraction of sp³-hybridized carbons (Fsp3) is 0.455. The van der Waals surface area contributed by atoms with Gasteiger partial charge in [0, 0.05) is 12.1 Å². The monoisotopic (exact) mass is 312 g/mol. The SMILES string of the molecule is COc1cc(S(=O)(=O)NC(C)CC(F)(F)F)ccc1N. The van der Waals surface area contributed by atoms with Crippen molar-refractivity contribution in [3.8, 4) is 5.75 Å². The van der Waals surface area contributed by atoms with Gasteiger partial charge >= 0.3 is 6.18 Å². The minimum atomic E-state index is -4.44. The molecule has 0 saturated heterocycles. The number of anilines is 1. The van der Waals surface area contributed by atoms with Crippen molar-refractivity contribution in [2.45, 2.75) is 30.5 Å². The van der Waals surface area contributed by atoms with Gasteiger partial charge in [-0.3, -0.25) is 0 Å². The van der Waals surface area contributed by atoms with E-state index in [0.29, 0.717) is 0 Å². The maximum atomic E-state index is 12.2. The lowest BCUT2D eigenvalue weighted by Crippen LogP contribution is -2.35. The van der Waals surface area contributed by atoms with Crippen molar-refractivity contribution in [1.29, 1.82) is 0 Å². The van der Waals surface area contributed by atoms with E-state index < -0.39 is 28.7 Å². The smallest absolute Gasteiger partial charge is 0.390 e. The van der Waals surface area contributed by atoms with Gasteiger partial charge in [-0.1, -0.05) is 0 Å². The second-order valence-corrected chi connectivity index (χ2v) is 5.96. The van der Waals surface area contributed by atoms with E-state index in [9.17, 15) is 21.6 Å². The van der Waals surface area contributed by atoms with Crippen molar-refractivity contribution < 1.29 is 26.3 Å². The highest BCUT2D eigenvalue weighted by molar-refractivity contribution is 7.89. The topological polar surface area (TPSA) is 81.4 Å². The average molecular weight is 312 g/mol. The number of nitrogens with two attached hydrogens (primary N) is 1. The van der Waals surface area contributed by atoms with Gasteiger partial charge in [-0.2, -0.15) is 13.2 Å². The second-order valence-electron chi connectivity index (χ2n) is 4.25. The highest BCUT2D eigenvalue weighted by atomic mass is 32.2. The van der Waals surface area contributed by atoms with Crippen LogP contribution in [-0.2, 0) is 10.0 Å². The summed E-state index contributed by atoms with van der Waals surface area (Å²) in [6.07, 6.45) is -5.70. The molecule has 0 radical (unpaired) electrons. The number of alkyl halides is 3. The zero-order chi connectivity index (χ0) is 15.6. The van der Waals surface area contributed by atoms with Crippen LogP contribution >= 0.6 is 0 Å². The van der Waals surface area contributed by atoms with E-state index in [1.54, 1.807) is 0 Å². The molecule has 0 saturated carbocycles. The van der Waals surface area contributed by atoms with Gasteiger partial charge in [0.15, 0.2) is 0 Å². The molecule has 9 heteroatoms. The Balaban J connectivity index is 2.94. The fourth-order valence-corrected chi connectivity index (χ4v) is 2.84. The number of methoxy groups -OCH3 is 1. The summed E-state index contributed by atoms with van der Waals surface area (Å²) in [6, 6.07) is 2.38. The highest BCUT2D eigenvalue weighted by Crippen LogP contribution is 2.26. The second kappa shape index (κ2) is 5.88. The summed E-state index contributed by atoms with van der Waals surface area (Å²) in [6.45, 7) is 1.14. The van der Waals surface area contributed by atoms with Crippen LogP contribution in [0.5, 0.6) is 5.75 Å². The van der Waals surface area contributed by atoms with Gasteiger partial charge in [0.1, 0.15) is 5.75 Å². The van der Waals surface area contributed by atoms with Gasteiger partial charge in [0.05, 0.1) is 24.1 Å². The van der Waals surface area contributed by atoms with Gasteiger partial charge in [-0.05, 0) is 19.1 Å². The molecule has 5 nitrogen and oxygen atoms in total. The molecule has 1 rings (SSSR count). The van der Waals surface area contributed by atoms with Crippen LogP contribution in [0.3, 0.4) is 0 Å². The van der Waals surface area contributed by atoms with Gasteiger partial charge in [0.2, 0.25) is 10.0 Å². The molecule has 0 aliphatic rings. The number of hydrogen-bond acceptors (Lipinski definition) is 4. The third kappa shape index (κ3) is 4.57. The lowest BCUT2D eigenvalue weighted by atomic mass is 10.2. The number of benzene rings is 1. The molecule has 0 amide bonds. The minimum Gasteiger partial charge on any atom is -0.495 e. The third-order valence-electron chi connectivity index (χ3n) is 2.41. The van der Waals surface area contributed by atoms with Gasteiger partial charge in [-0.15, -0.1) is 0 Å². The average Bonchev–Trinajstić information content (AvgIpc) is 2.25. The highest BCUT2D eigenvalue weighted by Gasteiger charge is 2.32. The zero-order valence-corrected chi connectivity index (χ0v) is 11.7. The molecule has 1 aromatic rings. The summed E-state index contributed by atoms with van der Waals surface area (Å²) < 4.78 is 67.2. The summed E-state index contributed by atoms with van der Waals surface area (Å²) in [5.74, 6) is 0.136. The van der Waals surface area contributed by atoms with Crippen molar-refractivity contribution in [3.05, 3.63) is 18.2 Å². The van der Waals surface area contributed by atoms with Crippen LogP contribution in [0, 0.1) is 0 Å². The van der Waals surface area contributed by atoms with Crippen LogP contribution in [0.4, 0.5) is 18.9 Å². The molecular formula is C11H15F3N2O3S. The van der Waals surface area contributed by atoms with E-state index in [1.807, 2.05) is 4.72 Å². The summed E-state index contributed by atoms with van der Waals surface area (Å²) in [5, 5.41) is 0. The van der Waals surface area contributed by atoms with E-state index in [0.717, 1.165) is 13.0 Å². The van der Waals surface area contributed by atoms with E-state index in [2.05, 4.69) is 0 Å². The van der Waals surface area contributed by atoms with Crippen molar-refractivity contribution in [3.63, 3.8) is 0 Å². The van der Waals surface area contributed by atoms with Crippen LogP contribution in [0.1, 0.15) is 13.3 Å². The van der Waals surface area contributed by atoms with Crippen LogP contribution in [0.15, 0.2) is 23.1 Å². The van der Waals surface area contributed by atoms with Crippen molar-refractivity contribution in [1.82, 2.24) is 4.72 Å². The molecule has 0 heterocycles. The van der Waals surface area contributed by atoms with E-state index in [-0.39, 0.29) is 16.3 Å². The lowest BCUT2D eigenvalue weighted by molar-refractivity contribution is -0.137. The predicted octanol–water partition coefficient (Wildman–Crippen LogP) is 1.90. The first kappa shape index (κ1) is 16.6. The van der Waals surface area contributed by atoms with Gasteiger partial charge in [-0.25, -0.2) is 13.1 Å². The molecule has 0 fully saturated rings. The molecule has 3 N–H and O–H groups in total. The number of sulfonamides is 1. The molecule has 0 spiro atoms. The third-order valence-corrected chi connectivity index (χ3v) is 4.00. The first-order valence-corrected chi connectivity index (χ1v) is 7.06. The Hall–Kier alpha value is -1.48. The van der Waals surface area contributed by atoms with E-state index in [1.165, 1.54) is 19.2 Å². The summed E-state index contributed by atoms with van der Waals surface area (Å²) in [4.78, 5) is -0.211. The number of nitrogen functional groups attached to an aromatic ring is 1. The number of halogens is 3. The Morgan fingerprint density at radius 2 is 2.00 bits per heavy atom. The van der Waals surface area contributed by atoms with Gasteiger partial charge < -0.3 is 10.5 Å². The van der Waals surface area contributed by atoms with Gasteiger partial charge in [0.25, 0.3) is 0 Å². The Morgan fingerprint density at radius 1 is 1.40 bits per heavy atom. The van der Waals surface area contributed by atoms with Crippen LogP contribution in [-0.4, -0.2) is 27.7 Å². The molecule has 1 atom stereocenters. The molecule has 0 bridgehead atoms. The fourth-order valence-electron chi connectivity index (χ4n) is 1.58. The minimum absolute atomic E-state index is 0.136. The summed E-state index contributed by atoms with van der Waals surface area (Å²) >= 11 is 0. The first-order valence-electron chi connectivity index (χ1n) is 5.58. The normalized spacial score (nSPS) is 14.1. The molecule has 0 aliphatic heterocycles. The predicted molar refractivity (Wildman–Crippen MR) is 67.9 cm³/mol. The summed E-state index contributed by atoms with van der Waals surface area (Å²) in [5.41, 5.74) is 5.77. The molecule has 114 valence electrons. The molecule has 1 unspecified atom stereocenters. The first-order chi connectivity index (χ1) is 9.05. The maximum Gasteiger partial charge on any atom is 0.390 e. The molecular weight excluding hydrogens is 297 g/mol. The maximum absolute atomic E-state index is 12.2. The van der Waals surface area contributed by atoms with Crippen molar-refractivity contribution in [2.75, 3.05) is 12.8 Å². The lowest BCUT2D eigenvalue weighted by Gasteiger charge is -2.16. The molecule has 0 aliphatic carbocycles. The van der Waals surface area contributed by atoms with E-state index in [4.69, 9.17) is 10.5 Å². The van der Waals surface area contributed by atoms with Crippen molar-refractivity contribution in [2.24, 2.45) is 0 Å². The van der Waals surface area contributed by atoms with Crippen molar-refractivity contribution >= 4 is 15.7 Å². The number of hydrogen-bond donors (Lipinski definition) is 2. The number of ether oxygens (including phenoxy) is 1. The molecule has 0 aromatic heterocycles. The number of nitrogens with one attached hydrogen (secondary N) is 1. The molecule has 1 aromatic carbocycles. The number of rotatable bonds is 5.